The van der Waals surface area contributed by atoms with Gasteiger partial charge in [-0.05, 0) is 30.7 Å². The SMILES string of the molecule is CCC(C)C(NC(=O)C(N)Cc1ccccc1)C(=O)NC(CO)C(=O)NC(CCCN=C(N)N)C(=O)O. The summed E-state index contributed by atoms with van der Waals surface area (Å²) >= 11 is 0. The zero-order chi connectivity index (χ0) is 28.0. The first-order valence-corrected chi connectivity index (χ1v) is 12.1. The van der Waals surface area contributed by atoms with Crippen molar-refractivity contribution in [3.8, 4) is 0 Å². The number of rotatable bonds is 16. The van der Waals surface area contributed by atoms with Crippen LogP contribution in [0.15, 0.2) is 35.3 Å². The van der Waals surface area contributed by atoms with Gasteiger partial charge in [0.2, 0.25) is 17.7 Å². The molecule has 0 spiro atoms. The van der Waals surface area contributed by atoms with Gasteiger partial charge in [0.05, 0.1) is 12.6 Å². The monoisotopic (exact) mass is 521 g/mol. The molecule has 3 amide bonds. The van der Waals surface area contributed by atoms with Crippen molar-refractivity contribution in [3.05, 3.63) is 35.9 Å². The summed E-state index contributed by atoms with van der Waals surface area (Å²) in [6, 6.07) is 4.51. The number of guanidine groups is 1. The lowest BCUT2D eigenvalue weighted by Crippen LogP contribution is -2.59. The Labute approximate surface area is 216 Å². The lowest BCUT2D eigenvalue weighted by molar-refractivity contribution is -0.142. The zero-order valence-corrected chi connectivity index (χ0v) is 21.2. The lowest BCUT2D eigenvalue weighted by Gasteiger charge is -2.27. The van der Waals surface area contributed by atoms with Gasteiger partial charge in [-0.25, -0.2) is 4.79 Å². The van der Waals surface area contributed by atoms with E-state index in [0.29, 0.717) is 6.42 Å². The summed E-state index contributed by atoms with van der Waals surface area (Å²) in [5.74, 6) is -3.89. The highest BCUT2D eigenvalue weighted by Crippen LogP contribution is 2.10. The molecule has 37 heavy (non-hydrogen) atoms. The van der Waals surface area contributed by atoms with Crippen molar-refractivity contribution in [2.75, 3.05) is 13.2 Å². The van der Waals surface area contributed by atoms with Crippen molar-refractivity contribution < 1.29 is 29.4 Å². The fraction of sp³-hybridized carbons (Fsp3) is 0.542. The lowest BCUT2D eigenvalue weighted by atomic mass is 9.97. The van der Waals surface area contributed by atoms with Crippen molar-refractivity contribution in [1.29, 1.82) is 0 Å². The molecule has 206 valence electrons. The number of nitrogens with two attached hydrogens (primary N) is 3. The van der Waals surface area contributed by atoms with Gasteiger partial charge in [0.1, 0.15) is 18.1 Å². The molecule has 5 atom stereocenters. The zero-order valence-electron chi connectivity index (χ0n) is 21.2. The number of aliphatic hydroxyl groups is 1. The van der Waals surface area contributed by atoms with Crippen LogP contribution in [0.2, 0.25) is 0 Å². The molecule has 0 aromatic heterocycles. The number of nitrogens with one attached hydrogen (secondary N) is 3. The molecule has 0 saturated carbocycles. The van der Waals surface area contributed by atoms with Gasteiger partial charge in [-0.2, -0.15) is 0 Å². The Morgan fingerprint density at radius 1 is 0.973 bits per heavy atom. The maximum absolute atomic E-state index is 13.0. The molecule has 1 aromatic carbocycles. The Bertz CT molecular complexity index is 923. The molecule has 13 nitrogen and oxygen atoms in total. The summed E-state index contributed by atoms with van der Waals surface area (Å²) < 4.78 is 0. The number of carbonyl (C=O) groups is 4. The minimum atomic E-state index is -1.44. The predicted molar refractivity (Wildman–Crippen MR) is 138 cm³/mol. The quantitative estimate of drug-likeness (QED) is 0.0694. The molecule has 11 N–H and O–H groups in total. The Balaban J connectivity index is 2.82. The van der Waals surface area contributed by atoms with Gasteiger partial charge in [0, 0.05) is 6.54 Å². The van der Waals surface area contributed by atoms with Gasteiger partial charge in [-0.3, -0.25) is 19.4 Å². The molecule has 13 heteroatoms. The van der Waals surface area contributed by atoms with Crippen LogP contribution in [0.5, 0.6) is 0 Å². The maximum Gasteiger partial charge on any atom is 0.326 e. The second-order valence-electron chi connectivity index (χ2n) is 8.76. The van der Waals surface area contributed by atoms with Crippen LogP contribution in [0.3, 0.4) is 0 Å². The Morgan fingerprint density at radius 2 is 1.59 bits per heavy atom. The first-order valence-electron chi connectivity index (χ1n) is 12.1. The smallest absolute Gasteiger partial charge is 0.326 e. The van der Waals surface area contributed by atoms with Gasteiger partial charge < -0.3 is 43.4 Å². The standard InChI is InChI=1S/C24H39N7O6/c1-3-14(2)19(31-20(33)16(25)12-15-8-5-4-6-9-15)22(35)30-18(13-32)21(34)29-17(23(36)37)10-7-11-28-24(26)27/h4-6,8-9,14,16-19,32H,3,7,10-13,25H2,1-2H3,(H,29,34)(H,30,35)(H,31,33)(H,36,37)(H4,26,27,28). The second kappa shape index (κ2) is 16.1. The van der Waals surface area contributed by atoms with Gasteiger partial charge in [0.15, 0.2) is 5.96 Å². The highest BCUT2D eigenvalue weighted by Gasteiger charge is 2.32. The molecule has 1 aromatic rings. The summed E-state index contributed by atoms with van der Waals surface area (Å²) in [5.41, 5.74) is 17.4. The first kappa shape index (κ1) is 31.3. The van der Waals surface area contributed by atoms with E-state index in [-0.39, 0.29) is 37.7 Å². The first-order chi connectivity index (χ1) is 17.5. The minimum absolute atomic E-state index is 0.0226. The van der Waals surface area contributed by atoms with Crippen LogP contribution in [0.25, 0.3) is 0 Å². The van der Waals surface area contributed by atoms with Gasteiger partial charge in [0.25, 0.3) is 0 Å². The predicted octanol–water partition coefficient (Wildman–Crippen LogP) is -1.81. The van der Waals surface area contributed by atoms with E-state index in [9.17, 15) is 29.4 Å². The van der Waals surface area contributed by atoms with E-state index in [4.69, 9.17) is 17.2 Å². The molecule has 5 unspecified atom stereocenters. The molecule has 0 aliphatic carbocycles. The van der Waals surface area contributed by atoms with Crippen LogP contribution in [-0.4, -0.2) is 77.2 Å². The van der Waals surface area contributed by atoms with Crippen LogP contribution in [-0.2, 0) is 25.6 Å². The van der Waals surface area contributed by atoms with Crippen LogP contribution >= 0.6 is 0 Å². The van der Waals surface area contributed by atoms with Crippen molar-refractivity contribution in [3.63, 3.8) is 0 Å². The van der Waals surface area contributed by atoms with Crippen molar-refractivity contribution >= 4 is 29.7 Å². The van der Waals surface area contributed by atoms with Crippen molar-refractivity contribution in [1.82, 2.24) is 16.0 Å². The van der Waals surface area contributed by atoms with Crippen LogP contribution in [0, 0.1) is 5.92 Å². The second-order valence-corrected chi connectivity index (χ2v) is 8.76. The van der Waals surface area contributed by atoms with Gasteiger partial charge in [-0.1, -0.05) is 50.6 Å². The minimum Gasteiger partial charge on any atom is -0.480 e. The average Bonchev–Trinajstić information content (AvgIpc) is 2.86. The molecule has 0 aliphatic rings. The van der Waals surface area contributed by atoms with E-state index in [1.807, 2.05) is 37.3 Å². The largest absolute Gasteiger partial charge is 0.480 e. The third kappa shape index (κ3) is 11.3. The molecule has 0 heterocycles. The number of amides is 3. The molecule has 0 radical (unpaired) electrons. The third-order valence-electron chi connectivity index (χ3n) is 5.80. The summed E-state index contributed by atoms with van der Waals surface area (Å²) in [4.78, 5) is 53.7. The van der Waals surface area contributed by atoms with Gasteiger partial charge in [-0.15, -0.1) is 0 Å². The average molecular weight is 522 g/mol. The Kier molecular flexibility index (Phi) is 13.6. The van der Waals surface area contributed by atoms with E-state index in [1.54, 1.807) is 6.92 Å². The number of aliphatic hydroxyl groups excluding tert-OH is 1. The topological polar surface area (TPSA) is 235 Å². The number of carbonyl (C=O) groups excluding carboxylic acids is 3. The van der Waals surface area contributed by atoms with E-state index in [2.05, 4.69) is 20.9 Å². The Hall–Kier alpha value is -3.71. The number of aliphatic imine (C=N–C) groups is 1. The Morgan fingerprint density at radius 3 is 2.14 bits per heavy atom. The number of hydrogen-bond donors (Lipinski definition) is 8. The maximum atomic E-state index is 13.0. The van der Waals surface area contributed by atoms with E-state index in [1.165, 1.54) is 0 Å². The molecule has 0 aliphatic heterocycles. The van der Waals surface area contributed by atoms with Crippen LogP contribution < -0.4 is 33.2 Å². The molecule has 1 rings (SSSR count). The number of nitrogens with zero attached hydrogens (tertiary/aromatic N) is 1. The molecule has 0 fully saturated rings. The molecular weight excluding hydrogens is 482 g/mol. The fourth-order valence-electron chi connectivity index (χ4n) is 3.41. The molecular formula is C24H39N7O6. The van der Waals surface area contributed by atoms with Crippen molar-refractivity contribution in [2.24, 2.45) is 28.1 Å². The number of aliphatic carboxylic acids is 1. The highest BCUT2D eigenvalue weighted by atomic mass is 16.4. The highest BCUT2D eigenvalue weighted by molar-refractivity contribution is 5.94. The van der Waals surface area contributed by atoms with E-state index < -0.39 is 54.5 Å². The summed E-state index contributed by atoms with van der Waals surface area (Å²) in [5, 5.41) is 26.5. The normalized spacial score (nSPS) is 14.8. The van der Waals surface area contributed by atoms with Crippen molar-refractivity contribution in [2.45, 2.75) is 63.7 Å². The molecule has 0 saturated heterocycles. The third-order valence-corrected chi connectivity index (χ3v) is 5.80. The number of benzene rings is 1. The van der Waals surface area contributed by atoms with E-state index in [0.717, 1.165) is 5.56 Å². The molecule has 0 bridgehead atoms. The van der Waals surface area contributed by atoms with Crippen LogP contribution in [0.1, 0.15) is 38.7 Å². The summed E-state index contributed by atoms with van der Waals surface area (Å²) in [6.07, 6.45) is 1.09. The number of carboxylic acid groups (broad SMARTS) is 1. The number of carboxylic acids is 1. The summed E-state index contributed by atoms with van der Waals surface area (Å²) in [6.45, 7) is 2.97. The summed E-state index contributed by atoms with van der Waals surface area (Å²) in [7, 11) is 0. The van der Waals surface area contributed by atoms with Gasteiger partial charge >= 0.3 is 5.97 Å². The van der Waals surface area contributed by atoms with Crippen LogP contribution in [0.4, 0.5) is 0 Å². The van der Waals surface area contributed by atoms with E-state index >= 15 is 0 Å². The fourth-order valence-corrected chi connectivity index (χ4v) is 3.41. The number of hydrogen-bond acceptors (Lipinski definition) is 7.